The molecule has 4 N–H and O–H groups in total. The Morgan fingerprint density at radius 1 is 1.40 bits per heavy atom. The molecule has 0 aromatic heterocycles. The minimum atomic E-state index is 0.165. The van der Waals surface area contributed by atoms with Crippen molar-refractivity contribution in [2.75, 3.05) is 13.2 Å². The number of amidine groups is 1. The topological polar surface area (TPSA) is 73.3 Å². The molecule has 0 bridgehead atoms. The molecular formula is C11H25N3O. The largest absolute Gasteiger partial charge is 0.395 e. The Hall–Kier alpha value is -0.610. The van der Waals surface area contributed by atoms with Crippen molar-refractivity contribution in [3.63, 3.8) is 0 Å². The van der Waals surface area contributed by atoms with Gasteiger partial charge in [-0.3, -0.25) is 10.3 Å². The molecule has 0 aliphatic rings. The molecule has 1 atom stereocenters. The predicted octanol–water partition coefficient (Wildman–Crippen LogP) is 1.18. The average Bonchev–Trinajstić information content (AvgIpc) is 2.17. The van der Waals surface area contributed by atoms with Gasteiger partial charge in [0, 0.05) is 25.0 Å². The molecule has 0 fully saturated rings. The molecule has 4 heteroatoms. The van der Waals surface area contributed by atoms with E-state index >= 15 is 0 Å². The zero-order valence-corrected chi connectivity index (χ0v) is 10.2. The van der Waals surface area contributed by atoms with Crippen LogP contribution in [-0.2, 0) is 0 Å². The summed E-state index contributed by atoms with van der Waals surface area (Å²) >= 11 is 0. The van der Waals surface area contributed by atoms with E-state index in [1.54, 1.807) is 0 Å². The van der Waals surface area contributed by atoms with Crippen molar-refractivity contribution in [2.45, 2.75) is 52.1 Å². The molecule has 0 aromatic carbocycles. The van der Waals surface area contributed by atoms with Gasteiger partial charge in [0.05, 0.1) is 12.4 Å². The highest BCUT2D eigenvalue weighted by Crippen LogP contribution is 2.14. The van der Waals surface area contributed by atoms with Crippen LogP contribution in [0, 0.1) is 5.41 Å². The van der Waals surface area contributed by atoms with E-state index in [1.807, 2.05) is 0 Å². The molecule has 1 unspecified atom stereocenters. The van der Waals surface area contributed by atoms with Gasteiger partial charge in [0.1, 0.15) is 0 Å². The summed E-state index contributed by atoms with van der Waals surface area (Å²) in [5, 5.41) is 16.3. The summed E-state index contributed by atoms with van der Waals surface area (Å²) in [7, 11) is 0. The number of aliphatic hydroxyl groups excluding tert-OH is 1. The third-order valence-corrected chi connectivity index (χ3v) is 2.85. The maximum Gasteiger partial charge on any atom is 0.0920 e. The average molecular weight is 215 g/mol. The number of nitrogens with zero attached hydrogens (tertiary/aromatic N) is 1. The summed E-state index contributed by atoms with van der Waals surface area (Å²) in [4.78, 5) is 2.25. The first-order valence-electron chi connectivity index (χ1n) is 5.76. The Labute approximate surface area is 93.0 Å². The zero-order valence-electron chi connectivity index (χ0n) is 10.2. The molecule has 0 aliphatic heterocycles. The summed E-state index contributed by atoms with van der Waals surface area (Å²) in [6.45, 7) is 7.20. The Balaban J connectivity index is 4.40. The van der Waals surface area contributed by atoms with E-state index in [2.05, 4.69) is 25.7 Å². The first-order chi connectivity index (χ1) is 7.06. The Bertz CT molecular complexity index is 181. The van der Waals surface area contributed by atoms with Crippen molar-refractivity contribution >= 4 is 5.84 Å². The van der Waals surface area contributed by atoms with Gasteiger partial charge >= 0.3 is 0 Å². The van der Waals surface area contributed by atoms with Crippen LogP contribution in [0.25, 0.3) is 0 Å². The molecule has 0 rings (SSSR count). The van der Waals surface area contributed by atoms with Gasteiger partial charge in [0.2, 0.25) is 0 Å². The van der Waals surface area contributed by atoms with E-state index in [-0.39, 0.29) is 18.5 Å². The molecule has 4 nitrogen and oxygen atoms in total. The molecule has 0 aromatic rings. The maximum atomic E-state index is 9.03. The molecule has 0 saturated carbocycles. The number of rotatable bonds is 8. The normalized spacial score (nSPS) is 13.5. The minimum Gasteiger partial charge on any atom is -0.395 e. The second kappa shape index (κ2) is 7.65. The zero-order chi connectivity index (χ0) is 11.8. The third kappa shape index (κ3) is 5.14. The minimum absolute atomic E-state index is 0.165. The fourth-order valence-corrected chi connectivity index (χ4v) is 2.07. The molecule has 0 saturated heterocycles. The summed E-state index contributed by atoms with van der Waals surface area (Å²) in [5.74, 6) is 0.219. The van der Waals surface area contributed by atoms with Crippen molar-refractivity contribution in [2.24, 2.45) is 5.73 Å². The molecule has 0 radical (unpaired) electrons. The van der Waals surface area contributed by atoms with Crippen LogP contribution in [0.15, 0.2) is 0 Å². The SMILES string of the molecule is CCC(CC)N(CCO)C(C)CC(=N)N. The van der Waals surface area contributed by atoms with Crippen LogP contribution in [0.5, 0.6) is 0 Å². The summed E-state index contributed by atoms with van der Waals surface area (Å²) < 4.78 is 0. The summed E-state index contributed by atoms with van der Waals surface area (Å²) in [6, 6.07) is 0.714. The Kier molecular flexibility index (Phi) is 7.34. The van der Waals surface area contributed by atoms with Crippen molar-refractivity contribution < 1.29 is 5.11 Å². The lowest BCUT2D eigenvalue weighted by molar-refractivity contribution is 0.107. The maximum absolute atomic E-state index is 9.03. The number of nitrogens with one attached hydrogen (secondary N) is 1. The standard InChI is InChI=1S/C11H25N3O/c1-4-10(5-2)14(6-7-15)9(3)8-11(12)13/h9-10,15H,4-8H2,1-3H3,(H3,12,13). The second-order valence-electron chi connectivity index (χ2n) is 4.01. The van der Waals surface area contributed by atoms with E-state index in [0.29, 0.717) is 19.0 Å². The highest BCUT2D eigenvalue weighted by atomic mass is 16.3. The highest BCUT2D eigenvalue weighted by molar-refractivity contribution is 5.77. The third-order valence-electron chi connectivity index (χ3n) is 2.85. The monoisotopic (exact) mass is 215 g/mol. The summed E-state index contributed by atoms with van der Waals surface area (Å²) in [5.41, 5.74) is 5.40. The number of hydrogen-bond acceptors (Lipinski definition) is 3. The van der Waals surface area contributed by atoms with Gasteiger partial charge in [0.25, 0.3) is 0 Å². The second-order valence-corrected chi connectivity index (χ2v) is 4.01. The molecular weight excluding hydrogens is 190 g/mol. The van der Waals surface area contributed by atoms with E-state index in [9.17, 15) is 0 Å². The summed E-state index contributed by atoms with van der Waals surface area (Å²) in [6.07, 6.45) is 2.72. The molecule has 90 valence electrons. The van der Waals surface area contributed by atoms with E-state index in [0.717, 1.165) is 12.8 Å². The molecule has 15 heavy (non-hydrogen) atoms. The van der Waals surface area contributed by atoms with Gasteiger partial charge in [-0.2, -0.15) is 0 Å². The number of nitrogens with two attached hydrogens (primary N) is 1. The van der Waals surface area contributed by atoms with Crippen LogP contribution in [0.3, 0.4) is 0 Å². The van der Waals surface area contributed by atoms with Gasteiger partial charge < -0.3 is 10.8 Å². The van der Waals surface area contributed by atoms with Gasteiger partial charge in [-0.25, -0.2) is 0 Å². The van der Waals surface area contributed by atoms with E-state index in [1.165, 1.54) is 0 Å². The lowest BCUT2D eigenvalue weighted by Gasteiger charge is -2.35. The lowest BCUT2D eigenvalue weighted by Crippen LogP contribution is -2.44. The first-order valence-corrected chi connectivity index (χ1v) is 5.76. The van der Waals surface area contributed by atoms with Gasteiger partial charge in [-0.05, 0) is 19.8 Å². The highest BCUT2D eigenvalue weighted by Gasteiger charge is 2.20. The molecule has 0 spiro atoms. The molecule has 0 heterocycles. The van der Waals surface area contributed by atoms with Crippen LogP contribution in [0.1, 0.15) is 40.0 Å². The molecule has 0 aliphatic carbocycles. The van der Waals surface area contributed by atoms with Crippen molar-refractivity contribution in [1.29, 1.82) is 5.41 Å². The van der Waals surface area contributed by atoms with Gasteiger partial charge in [-0.15, -0.1) is 0 Å². The van der Waals surface area contributed by atoms with Gasteiger partial charge in [0.15, 0.2) is 0 Å². The van der Waals surface area contributed by atoms with E-state index in [4.69, 9.17) is 16.2 Å². The van der Waals surface area contributed by atoms with Crippen LogP contribution < -0.4 is 5.73 Å². The number of aliphatic hydroxyl groups is 1. The van der Waals surface area contributed by atoms with Crippen molar-refractivity contribution in [3.05, 3.63) is 0 Å². The molecule has 0 amide bonds. The first kappa shape index (κ1) is 14.4. The van der Waals surface area contributed by atoms with Crippen LogP contribution in [0.4, 0.5) is 0 Å². The van der Waals surface area contributed by atoms with Crippen molar-refractivity contribution in [3.8, 4) is 0 Å². The quantitative estimate of drug-likeness (QED) is 0.420. The van der Waals surface area contributed by atoms with E-state index < -0.39 is 0 Å². The number of hydrogen-bond donors (Lipinski definition) is 3. The Morgan fingerprint density at radius 2 is 1.93 bits per heavy atom. The predicted molar refractivity (Wildman–Crippen MR) is 64.2 cm³/mol. The Morgan fingerprint density at radius 3 is 2.27 bits per heavy atom. The van der Waals surface area contributed by atoms with Crippen LogP contribution >= 0.6 is 0 Å². The fraction of sp³-hybridized carbons (Fsp3) is 0.909. The van der Waals surface area contributed by atoms with Crippen LogP contribution in [-0.4, -0.2) is 41.1 Å². The van der Waals surface area contributed by atoms with Crippen LogP contribution in [0.2, 0.25) is 0 Å². The van der Waals surface area contributed by atoms with Crippen molar-refractivity contribution in [1.82, 2.24) is 4.90 Å². The van der Waals surface area contributed by atoms with Gasteiger partial charge in [-0.1, -0.05) is 13.8 Å². The lowest BCUT2D eigenvalue weighted by atomic mass is 10.1. The fourth-order valence-electron chi connectivity index (χ4n) is 2.07. The smallest absolute Gasteiger partial charge is 0.0920 e.